The SMILES string of the molecule is NC(/N=C(\N=C\c1ccccc1)c1ccccc1)c1ccc(-n2c3ccc(-c4ccccc4)cc3c3ccc(-c4cccc5c4sc4ccccc45)cc32)cc1. The highest BCUT2D eigenvalue weighted by atomic mass is 32.1. The van der Waals surface area contributed by atoms with E-state index in [1.807, 2.05) is 78.2 Å². The first-order chi connectivity index (χ1) is 27.7. The molecule has 2 N–H and O–H groups in total. The first-order valence-electron chi connectivity index (χ1n) is 18.8. The van der Waals surface area contributed by atoms with Crippen LogP contribution >= 0.6 is 11.3 Å². The smallest absolute Gasteiger partial charge is 0.156 e. The zero-order valence-electron chi connectivity index (χ0n) is 30.5. The molecule has 0 bridgehead atoms. The largest absolute Gasteiger partial charge is 0.309 e. The van der Waals surface area contributed by atoms with Gasteiger partial charge in [-0.25, -0.2) is 9.98 Å². The van der Waals surface area contributed by atoms with E-state index in [0.717, 1.165) is 33.4 Å². The van der Waals surface area contributed by atoms with Crippen LogP contribution in [-0.4, -0.2) is 16.6 Å². The number of benzene rings is 8. The molecule has 0 aliphatic rings. The van der Waals surface area contributed by atoms with Gasteiger partial charge in [0.15, 0.2) is 5.84 Å². The Labute approximate surface area is 329 Å². The molecule has 0 radical (unpaired) electrons. The maximum absolute atomic E-state index is 6.81. The normalized spacial score (nSPS) is 12.7. The van der Waals surface area contributed by atoms with E-state index in [4.69, 9.17) is 15.7 Å². The van der Waals surface area contributed by atoms with E-state index in [1.54, 1.807) is 0 Å². The van der Waals surface area contributed by atoms with Gasteiger partial charge in [-0.2, -0.15) is 0 Å². The minimum absolute atomic E-state index is 0.587. The zero-order chi connectivity index (χ0) is 37.4. The van der Waals surface area contributed by atoms with Gasteiger partial charge in [-0.05, 0) is 69.8 Å². The summed E-state index contributed by atoms with van der Waals surface area (Å²) in [4.78, 5) is 9.73. The highest BCUT2D eigenvalue weighted by Gasteiger charge is 2.17. The van der Waals surface area contributed by atoms with Crippen molar-refractivity contribution in [2.24, 2.45) is 15.7 Å². The van der Waals surface area contributed by atoms with Gasteiger partial charge in [0, 0.05) is 48.4 Å². The standard InChI is InChI=1S/C51H36N4S/c52-50(54-51(37-17-8-3-9-18-37)53-33-34-13-4-1-5-14-34)36-23-27-40(28-24-36)55-46-30-26-38(35-15-6-2-7-16-35)31-45(46)42-29-25-39(32-47(42)55)41-20-12-21-44-43-19-10-11-22-48(43)56-49(41)44/h1-33,50H,52H2/b53-33+,54-51-. The average Bonchev–Trinajstić information content (AvgIpc) is 3.81. The fraction of sp³-hybridized carbons (Fsp3) is 0.0196. The van der Waals surface area contributed by atoms with Crippen molar-refractivity contribution in [3.8, 4) is 27.9 Å². The van der Waals surface area contributed by atoms with Crippen molar-refractivity contribution in [3.63, 3.8) is 0 Å². The lowest BCUT2D eigenvalue weighted by molar-refractivity contribution is 0.774. The summed E-state index contributed by atoms with van der Waals surface area (Å²) in [7, 11) is 0. The summed E-state index contributed by atoms with van der Waals surface area (Å²) in [5, 5.41) is 5.02. The molecule has 10 rings (SSSR count). The van der Waals surface area contributed by atoms with Crippen LogP contribution < -0.4 is 5.73 Å². The Morgan fingerprint density at radius 1 is 0.536 bits per heavy atom. The molecule has 0 amide bonds. The van der Waals surface area contributed by atoms with E-state index in [9.17, 15) is 0 Å². The number of aliphatic imine (C=N–C) groups is 2. The molecule has 0 spiro atoms. The molecule has 8 aromatic carbocycles. The summed E-state index contributed by atoms with van der Waals surface area (Å²) >= 11 is 1.86. The Hall–Kier alpha value is -6.92. The summed E-state index contributed by atoms with van der Waals surface area (Å²) in [5.74, 6) is 0.587. The molecular formula is C51H36N4S. The second kappa shape index (κ2) is 14.4. The number of amidine groups is 1. The molecule has 0 aliphatic carbocycles. The maximum atomic E-state index is 6.81. The lowest BCUT2D eigenvalue weighted by atomic mass is 10.00. The number of hydrogen-bond donors (Lipinski definition) is 1. The van der Waals surface area contributed by atoms with Gasteiger partial charge < -0.3 is 10.3 Å². The van der Waals surface area contributed by atoms with Crippen molar-refractivity contribution < 1.29 is 0 Å². The van der Waals surface area contributed by atoms with E-state index in [-0.39, 0.29) is 0 Å². The third-order valence-corrected chi connectivity index (χ3v) is 11.7. The van der Waals surface area contributed by atoms with Crippen LogP contribution in [0.5, 0.6) is 0 Å². The van der Waals surface area contributed by atoms with Gasteiger partial charge in [-0.3, -0.25) is 0 Å². The van der Waals surface area contributed by atoms with Crippen LogP contribution in [0.15, 0.2) is 204 Å². The number of thiophene rings is 1. The minimum atomic E-state index is -0.604. The van der Waals surface area contributed by atoms with Gasteiger partial charge >= 0.3 is 0 Å². The molecule has 1 atom stereocenters. The van der Waals surface area contributed by atoms with Crippen LogP contribution in [0.25, 0.3) is 69.9 Å². The molecule has 0 saturated heterocycles. The monoisotopic (exact) mass is 736 g/mol. The molecule has 2 aromatic heterocycles. The van der Waals surface area contributed by atoms with Crippen LogP contribution in [0, 0.1) is 0 Å². The van der Waals surface area contributed by atoms with E-state index in [1.165, 1.54) is 53.2 Å². The number of nitrogens with two attached hydrogens (primary N) is 1. The predicted octanol–water partition coefficient (Wildman–Crippen LogP) is 13.0. The fourth-order valence-corrected chi connectivity index (χ4v) is 8.96. The highest BCUT2D eigenvalue weighted by Crippen LogP contribution is 2.42. The van der Waals surface area contributed by atoms with Crippen molar-refractivity contribution in [2.75, 3.05) is 0 Å². The first-order valence-corrected chi connectivity index (χ1v) is 19.6. The van der Waals surface area contributed by atoms with Crippen molar-refractivity contribution in [1.82, 2.24) is 4.57 Å². The van der Waals surface area contributed by atoms with E-state index in [2.05, 4.69) is 138 Å². The Balaban J connectivity index is 1.09. The summed E-state index contributed by atoms with van der Waals surface area (Å²) in [6, 6.07) is 68.3. The Bertz CT molecular complexity index is 3070. The van der Waals surface area contributed by atoms with Crippen molar-refractivity contribution in [3.05, 3.63) is 211 Å². The summed E-state index contributed by atoms with van der Waals surface area (Å²) in [6.07, 6.45) is 1.23. The lowest BCUT2D eigenvalue weighted by Gasteiger charge is -2.13. The number of aromatic nitrogens is 1. The Morgan fingerprint density at radius 3 is 2.04 bits per heavy atom. The number of hydrogen-bond acceptors (Lipinski definition) is 3. The van der Waals surface area contributed by atoms with Crippen molar-refractivity contribution in [1.29, 1.82) is 0 Å². The third-order valence-electron chi connectivity index (χ3n) is 10.5. The van der Waals surface area contributed by atoms with E-state index >= 15 is 0 Å². The van der Waals surface area contributed by atoms with E-state index in [0.29, 0.717) is 5.84 Å². The quantitative estimate of drug-likeness (QED) is 0.129. The fourth-order valence-electron chi connectivity index (χ4n) is 7.72. The van der Waals surface area contributed by atoms with Crippen molar-refractivity contribution >= 4 is 65.4 Å². The molecule has 0 fully saturated rings. The van der Waals surface area contributed by atoms with Crippen LogP contribution in [-0.2, 0) is 0 Å². The molecule has 10 aromatic rings. The van der Waals surface area contributed by atoms with Crippen LogP contribution in [0.1, 0.15) is 22.9 Å². The van der Waals surface area contributed by atoms with Gasteiger partial charge in [-0.15, -0.1) is 11.3 Å². The average molecular weight is 737 g/mol. The van der Waals surface area contributed by atoms with E-state index < -0.39 is 6.17 Å². The highest BCUT2D eigenvalue weighted by molar-refractivity contribution is 7.26. The molecule has 56 heavy (non-hydrogen) atoms. The zero-order valence-corrected chi connectivity index (χ0v) is 31.3. The number of rotatable bonds is 7. The molecule has 2 heterocycles. The summed E-state index contributed by atoms with van der Waals surface area (Å²) in [5.41, 5.74) is 17.8. The third kappa shape index (κ3) is 6.19. The number of fused-ring (bicyclic) bond motifs is 6. The molecular weight excluding hydrogens is 701 g/mol. The van der Waals surface area contributed by atoms with Gasteiger partial charge in [0.2, 0.25) is 0 Å². The molecule has 4 nitrogen and oxygen atoms in total. The summed E-state index contributed by atoms with van der Waals surface area (Å²) < 4.78 is 5.00. The topological polar surface area (TPSA) is 55.7 Å². The lowest BCUT2D eigenvalue weighted by Crippen LogP contribution is -2.11. The second-order valence-electron chi connectivity index (χ2n) is 14.0. The summed E-state index contributed by atoms with van der Waals surface area (Å²) in [6.45, 7) is 0. The van der Waals surface area contributed by atoms with Gasteiger partial charge in [0.05, 0.1) is 11.0 Å². The second-order valence-corrected chi connectivity index (χ2v) is 15.0. The molecule has 266 valence electrons. The Morgan fingerprint density at radius 2 is 1.23 bits per heavy atom. The molecule has 0 saturated carbocycles. The first kappa shape index (κ1) is 33.6. The van der Waals surface area contributed by atoms with Crippen molar-refractivity contribution in [2.45, 2.75) is 6.17 Å². The van der Waals surface area contributed by atoms with Crippen LogP contribution in [0.2, 0.25) is 0 Å². The number of nitrogens with zero attached hydrogens (tertiary/aromatic N) is 3. The maximum Gasteiger partial charge on any atom is 0.156 e. The minimum Gasteiger partial charge on any atom is -0.309 e. The molecule has 5 heteroatoms. The van der Waals surface area contributed by atoms with Gasteiger partial charge in [0.1, 0.15) is 6.17 Å². The van der Waals surface area contributed by atoms with Gasteiger partial charge in [0.25, 0.3) is 0 Å². The van der Waals surface area contributed by atoms with Gasteiger partial charge in [-0.1, -0.05) is 158 Å². The molecule has 1 unspecified atom stereocenters. The Kier molecular flexibility index (Phi) is 8.64. The van der Waals surface area contributed by atoms with Crippen LogP contribution in [0.4, 0.5) is 0 Å². The molecule has 0 aliphatic heterocycles. The predicted molar refractivity (Wildman–Crippen MR) is 238 cm³/mol. The van der Waals surface area contributed by atoms with Crippen LogP contribution in [0.3, 0.4) is 0 Å².